The summed E-state index contributed by atoms with van der Waals surface area (Å²) in [5.41, 5.74) is -0.0168. The minimum Gasteiger partial charge on any atom is -0.494 e. The van der Waals surface area contributed by atoms with E-state index >= 15 is 0 Å². The summed E-state index contributed by atoms with van der Waals surface area (Å²) in [7, 11) is 0. The van der Waals surface area contributed by atoms with Gasteiger partial charge < -0.3 is 9.47 Å². The molecule has 1 amide bonds. The number of ether oxygens (including phenoxy) is 2. The number of halogens is 3. The third kappa shape index (κ3) is 5.80. The first kappa shape index (κ1) is 25.1. The molecule has 0 saturated heterocycles. The maximum atomic E-state index is 13.1. The molecule has 0 bridgehead atoms. The number of carbonyl (C=O) groups is 1. The van der Waals surface area contributed by atoms with Gasteiger partial charge in [0, 0.05) is 11.6 Å². The molecular weight excluding hydrogens is 519 g/mol. The summed E-state index contributed by atoms with van der Waals surface area (Å²) in [6, 6.07) is 13.7. The largest absolute Gasteiger partial charge is 0.494 e. The molecule has 2 aromatic carbocycles. The Morgan fingerprint density at radius 2 is 1.83 bits per heavy atom. The van der Waals surface area contributed by atoms with Crippen molar-refractivity contribution in [2.24, 2.45) is 0 Å². The zero-order valence-electron chi connectivity index (χ0n) is 18.4. The second kappa shape index (κ2) is 10.3. The number of alkyl halides is 3. The number of thiophene rings is 1. The summed E-state index contributed by atoms with van der Waals surface area (Å²) < 4.78 is 50.6. The van der Waals surface area contributed by atoms with Crippen LogP contribution in [0.25, 0.3) is 11.3 Å². The normalized spacial score (nSPS) is 11.2. The number of amides is 1. The van der Waals surface area contributed by atoms with E-state index in [0.29, 0.717) is 29.3 Å². The molecule has 0 unspecified atom stereocenters. The van der Waals surface area contributed by atoms with Gasteiger partial charge in [-0.3, -0.25) is 20.2 Å². The van der Waals surface area contributed by atoms with E-state index in [1.54, 1.807) is 24.3 Å². The van der Waals surface area contributed by atoms with E-state index in [-0.39, 0.29) is 31.5 Å². The highest BCUT2D eigenvalue weighted by atomic mass is 32.1. The molecule has 0 fully saturated rings. The Morgan fingerprint density at radius 1 is 1.08 bits per heavy atom. The van der Waals surface area contributed by atoms with Crippen molar-refractivity contribution in [3.63, 3.8) is 0 Å². The highest BCUT2D eigenvalue weighted by Gasteiger charge is 2.31. The van der Waals surface area contributed by atoms with Crippen LogP contribution in [-0.4, -0.2) is 22.4 Å². The van der Waals surface area contributed by atoms with Crippen molar-refractivity contribution < 1.29 is 32.4 Å². The van der Waals surface area contributed by atoms with Crippen LogP contribution in [0.4, 0.5) is 23.3 Å². The summed E-state index contributed by atoms with van der Waals surface area (Å²) in [6.07, 6.45) is -4.55. The third-order valence-electron chi connectivity index (χ3n) is 4.62. The van der Waals surface area contributed by atoms with E-state index in [1.807, 2.05) is 6.92 Å². The molecule has 8 nitrogen and oxygen atoms in total. The molecule has 4 aromatic rings. The molecule has 186 valence electrons. The lowest BCUT2D eigenvalue weighted by molar-refractivity contribution is -0.380. The smallest absolute Gasteiger partial charge is 0.416 e. The SMILES string of the molecule is CCOc1ccc(-c2nc(NC(=O)c3ccc([N+](=O)[O-])s3)sc2Oc2cccc(C(F)(F)F)c2)cc1. The lowest BCUT2D eigenvalue weighted by Crippen LogP contribution is -2.09. The molecule has 0 radical (unpaired) electrons. The number of nitrogens with zero attached hydrogens (tertiary/aromatic N) is 2. The topological polar surface area (TPSA) is 104 Å². The third-order valence-corrected chi connectivity index (χ3v) is 6.51. The van der Waals surface area contributed by atoms with E-state index in [4.69, 9.17) is 9.47 Å². The second-order valence-corrected chi connectivity index (χ2v) is 9.11. The van der Waals surface area contributed by atoms with Crippen LogP contribution in [-0.2, 0) is 6.18 Å². The standard InChI is InChI=1S/C23H16F3N3O5S2/c1-2-33-15-8-6-13(7-9-15)19-21(34-16-5-3-4-14(12-16)23(24,25)26)36-22(27-19)28-20(30)17-10-11-18(35-17)29(31)32/h3-12H,2H2,1H3,(H,27,28,30). The summed E-state index contributed by atoms with van der Waals surface area (Å²) >= 11 is 1.61. The number of nitrogens with one attached hydrogen (secondary N) is 1. The van der Waals surface area contributed by atoms with Gasteiger partial charge >= 0.3 is 11.2 Å². The van der Waals surface area contributed by atoms with Gasteiger partial charge in [-0.15, -0.1) is 0 Å². The van der Waals surface area contributed by atoms with E-state index in [2.05, 4.69) is 10.3 Å². The molecule has 0 aliphatic rings. The van der Waals surface area contributed by atoms with Crippen LogP contribution in [0.3, 0.4) is 0 Å². The fraction of sp³-hybridized carbons (Fsp3) is 0.130. The molecule has 0 aliphatic carbocycles. The predicted molar refractivity (Wildman–Crippen MR) is 129 cm³/mol. The molecule has 2 heterocycles. The molecule has 36 heavy (non-hydrogen) atoms. The van der Waals surface area contributed by atoms with Crippen LogP contribution in [0.1, 0.15) is 22.2 Å². The van der Waals surface area contributed by atoms with Gasteiger partial charge in [0.15, 0.2) is 5.13 Å². The van der Waals surface area contributed by atoms with Crippen LogP contribution in [0.2, 0.25) is 0 Å². The van der Waals surface area contributed by atoms with Crippen molar-refractivity contribution >= 4 is 38.7 Å². The van der Waals surface area contributed by atoms with Crippen molar-refractivity contribution in [3.8, 4) is 27.8 Å². The lowest BCUT2D eigenvalue weighted by Gasteiger charge is -2.10. The van der Waals surface area contributed by atoms with Gasteiger partial charge in [-0.2, -0.15) is 13.2 Å². The van der Waals surface area contributed by atoms with Crippen molar-refractivity contribution in [3.05, 3.63) is 81.2 Å². The van der Waals surface area contributed by atoms with Gasteiger partial charge in [0.2, 0.25) is 5.06 Å². The molecule has 0 aliphatic heterocycles. The Morgan fingerprint density at radius 3 is 2.47 bits per heavy atom. The maximum Gasteiger partial charge on any atom is 0.416 e. The molecule has 13 heteroatoms. The highest BCUT2D eigenvalue weighted by Crippen LogP contribution is 2.42. The number of hydrogen-bond acceptors (Lipinski definition) is 8. The van der Waals surface area contributed by atoms with Crippen molar-refractivity contribution in [2.45, 2.75) is 13.1 Å². The number of anilines is 1. The summed E-state index contributed by atoms with van der Waals surface area (Å²) in [5, 5.41) is 13.5. The number of carbonyl (C=O) groups excluding carboxylic acids is 1. The average Bonchev–Trinajstić information content (AvgIpc) is 3.47. The second-order valence-electron chi connectivity index (χ2n) is 7.09. The number of rotatable bonds is 8. The Bertz CT molecular complexity index is 1400. The fourth-order valence-corrected chi connectivity index (χ4v) is 4.61. The Kier molecular flexibility index (Phi) is 7.22. The first-order valence-corrected chi connectivity index (χ1v) is 11.9. The molecule has 4 rings (SSSR count). The molecule has 1 N–H and O–H groups in total. The Balaban J connectivity index is 1.66. The minimum absolute atomic E-state index is 0.0626. The first-order chi connectivity index (χ1) is 17.1. The molecule has 0 atom stereocenters. The van der Waals surface area contributed by atoms with Crippen LogP contribution in [0.5, 0.6) is 16.6 Å². The Labute approximate surface area is 210 Å². The molecule has 0 saturated carbocycles. The zero-order chi connectivity index (χ0) is 25.9. The van der Waals surface area contributed by atoms with Gasteiger partial charge in [-0.25, -0.2) is 4.98 Å². The monoisotopic (exact) mass is 535 g/mol. The molecule has 0 spiro atoms. The summed E-state index contributed by atoms with van der Waals surface area (Å²) in [4.78, 5) is 27.4. The molecule has 2 aromatic heterocycles. The fourth-order valence-electron chi connectivity index (χ4n) is 3.04. The van der Waals surface area contributed by atoms with E-state index < -0.39 is 22.6 Å². The summed E-state index contributed by atoms with van der Waals surface area (Å²) in [5.74, 6) is -0.0669. The zero-order valence-corrected chi connectivity index (χ0v) is 20.0. The number of nitro groups is 1. The van der Waals surface area contributed by atoms with E-state index in [9.17, 15) is 28.1 Å². The van der Waals surface area contributed by atoms with E-state index in [0.717, 1.165) is 23.5 Å². The van der Waals surface area contributed by atoms with Crippen LogP contribution in [0, 0.1) is 10.1 Å². The number of aromatic nitrogens is 1. The number of benzene rings is 2. The average molecular weight is 536 g/mol. The predicted octanol–water partition coefficient (Wildman–Crippen LogP) is 7.24. The van der Waals surface area contributed by atoms with Crippen molar-refractivity contribution in [1.82, 2.24) is 4.98 Å². The quantitative estimate of drug-likeness (QED) is 0.188. The van der Waals surface area contributed by atoms with E-state index in [1.165, 1.54) is 24.3 Å². The lowest BCUT2D eigenvalue weighted by atomic mass is 10.1. The maximum absolute atomic E-state index is 13.1. The number of hydrogen-bond donors (Lipinski definition) is 1. The van der Waals surface area contributed by atoms with Gasteiger partial charge in [0.05, 0.1) is 22.0 Å². The first-order valence-electron chi connectivity index (χ1n) is 10.3. The van der Waals surface area contributed by atoms with Gasteiger partial charge in [0.1, 0.15) is 17.2 Å². The van der Waals surface area contributed by atoms with Crippen LogP contribution >= 0.6 is 22.7 Å². The highest BCUT2D eigenvalue weighted by molar-refractivity contribution is 7.19. The number of thiazole rings is 1. The van der Waals surface area contributed by atoms with Crippen molar-refractivity contribution in [2.75, 3.05) is 11.9 Å². The summed E-state index contributed by atoms with van der Waals surface area (Å²) in [6.45, 7) is 2.31. The van der Waals surface area contributed by atoms with Crippen molar-refractivity contribution in [1.29, 1.82) is 0 Å². The van der Waals surface area contributed by atoms with Crippen LogP contribution < -0.4 is 14.8 Å². The van der Waals surface area contributed by atoms with Gasteiger partial charge in [-0.05, 0) is 55.5 Å². The minimum atomic E-state index is -4.55. The Hall–Kier alpha value is -3.97. The van der Waals surface area contributed by atoms with Crippen LogP contribution in [0.15, 0.2) is 60.7 Å². The van der Waals surface area contributed by atoms with Gasteiger partial charge in [0.25, 0.3) is 5.91 Å². The van der Waals surface area contributed by atoms with Gasteiger partial charge in [-0.1, -0.05) is 28.7 Å². The molecular formula is C23H16F3N3O5S2.